The van der Waals surface area contributed by atoms with Gasteiger partial charge in [-0.2, -0.15) is 23.3 Å². The first-order valence-corrected chi connectivity index (χ1v) is 18.7. The van der Waals surface area contributed by atoms with Gasteiger partial charge in [-0.05, 0) is 79.8 Å². The molecule has 5 aliphatic rings. The van der Waals surface area contributed by atoms with Crippen molar-refractivity contribution >= 4 is 39.5 Å². The quantitative estimate of drug-likeness (QED) is 0.214. The molecule has 0 bridgehead atoms. The Balaban J connectivity index is 1.19. The lowest BCUT2D eigenvalue weighted by Crippen LogP contribution is -2.61. The molecule has 5 fully saturated rings. The first-order valence-electron chi connectivity index (χ1n) is 18.7. The number of hydrogen-bond donors (Lipinski definition) is 1. The van der Waals surface area contributed by atoms with Crippen molar-refractivity contribution in [2.45, 2.75) is 63.3 Å². The molecule has 2 aromatic carbocycles. The van der Waals surface area contributed by atoms with Crippen LogP contribution in [-0.2, 0) is 9.53 Å². The molecule has 14 heteroatoms. The zero-order valence-electron chi connectivity index (χ0n) is 30.2. The molecule has 2 aromatic heterocycles. The van der Waals surface area contributed by atoms with Gasteiger partial charge in [0.1, 0.15) is 11.3 Å². The van der Waals surface area contributed by atoms with E-state index in [1.54, 1.807) is 13.3 Å². The van der Waals surface area contributed by atoms with Crippen LogP contribution in [-0.4, -0.2) is 120 Å². The van der Waals surface area contributed by atoms with Crippen LogP contribution in [0.1, 0.15) is 49.1 Å². The Morgan fingerprint density at radius 3 is 2.51 bits per heavy atom. The van der Waals surface area contributed by atoms with Crippen LogP contribution in [0.4, 0.5) is 24.9 Å². The Morgan fingerprint density at radius 2 is 1.81 bits per heavy atom. The normalized spacial score (nSPS) is 22.1. The van der Waals surface area contributed by atoms with Crippen LogP contribution in [0.25, 0.3) is 32.9 Å². The minimum absolute atomic E-state index is 0.0412. The summed E-state index contributed by atoms with van der Waals surface area (Å²) in [5.74, 6) is 1.52. The second kappa shape index (κ2) is 12.9. The van der Waals surface area contributed by atoms with Gasteiger partial charge >= 0.3 is 6.18 Å². The maximum absolute atomic E-state index is 14.1. The fourth-order valence-electron chi connectivity index (χ4n) is 9.03. The minimum Gasteiger partial charge on any atom is -0.481 e. The lowest BCUT2D eigenvalue weighted by Gasteiger charge is -2.54. The van der Waals surface area contributed by atoms with E-state index in [0.29, 0.717) is 54.6 Å². The number of aromatic amines is 1. The highest BCUT2D eigenvalue weighted by Crippen LogP contribution is 2.53. The standard InChI is InChI=1S/C39H45F3N8O3/c1-4-31(51)50-20-38(21-50)10-13-47(14-11-38)36-28-15-27(24-6-7-24)33(32-23(2)5-8-30-29(32)16-43-46-30)35(53-22-39(40,41)42)34(28)44-37(45-36)48-12-9-25(17-48)49-18-26(19-49)52-3/h4-5,8,15-16,24-26H,1,6-7,9-14,17-22H2,2-3H3,(H,43,46)/t25-/m0/s1. The number of carbonyl (C=O) groups is 1. The molecule has 4 aliphatic heterocycles. The van der Waals surface area contributed by atoms with Crippen molar-refractivity contribution in [3.63, 3.8) is 0 Å². The first-order chi connectivity index (χ1) is 25.5. The number of rotatable bonds is 9. The van der Waals surface area contributed by atoms with Gasteiger partial charge in [-0.1, -0.05) is 12.6 Å². The third-order valence-corrected chi connectivity index (χ3v) is 12.3. The molecule has 4 aromatic rings. The lowest BCUT2D eigenvalue weighted by atomic mass is 9.72. The zero-order valence-corrected chi connectivity index (χ0v) is 30.2. The fraction of sp³-hybridized carbons (Fsp3) is 0.538. The summed E-state index contributed by atoms with van der Waals surface area (Å²) in [6.07, 6.45) is 3.36. The van der Waals surface area contributed by atoms with Crippen LogP contribution >= 0.6 is 0 Å². The molecule has 0 unspecified atom stereocenters. The van der Waals surface area contributed by atoms with E-state index in [2.05, 4.69) is 37.5 Å². The third kappa shape index (κ3) is 6.17. The van der Waals surface area contributed by atoms with E-state index in [1.807, 2.05) is 24.0 Å². The average Bonchev–Trinajstić information content (AvgIpc) is 3.65. The summed E-state index contributed by atoms with van der Waals surface area (Å²) < 4.78 is 53.9. The molecule has 1 amide bonds. The maximum atomic E-state index is 14.1. The Labute approximate surface area is 306 Å². The van der Waals surface area contributed by atoms with Gasteiger partial charge in [0, 0.05) is 87.3 Å². The van der Waals surface area contributed by atoms with Crippen LogP contribution in [0.15, 0.2) is 37.1 Å². The number of hydrogen-bond acceptors (Lipinski definition) is 9. The van der Waals surface area contributed by atoms with Crippen LogP contribution in [0.3, 0.4) is 0 Å². The highest BCUT2D eigenvalue weighted by Gasteiger charge is 2.47. The summed E-state index contributed by atoms with van der Waals surface area (Å²) in [7, 11) is 1.74. The molecular weight excluding hydrogens is 685 g/mol. The molecule has 6 heterocycles. The topological polar surface area (TPSA) is 103 Å². The summed E-state index contributed by atoms with van der Waals surface area (Å²) >= 11 is 0. The third-order valence-electron chi connectivity index (χ3n) is 12.3. The monoisotopic (exact) mass is 730 g/mol. The number of methoxy groups -OCH3 is 1. The summed E-state index contributed by atoms with van der Waals surface area (Å²) in [5, 5.41) is 8.88. The van der Waals surface area contributed by atoms with Gasteiger partial charge in [0.05, 0.1) is 17.8 Å². The molecule has 1 N–H and O–H groups in total. The van der Waals surface area contributed by atoms with Gasteiger partial charge in [-0.25, -0.2) is 4.98 Å². The summed E-state index contributed by atoms with van der Waals surface area (Å²) in [6.45, 7) is 10.2. The molecule has 1 saturated carbocycles. The van der Waals surface area contributed by atoms with Crippen molar-refractivity contribution in [2.75, 3.05) is 75.9 Å². The number of likely N-dealkylation sites (tertiary alicyclic amines) is 2. The smallest absolute Gasteiger partial charge is 0.422 e. The Bertz CT molecular complexity index is 2080. The molecule has 1 spiro atoms. The van der Waals surface area contributed by atoms with Gasteiger partial charge in [-0.15, -0.1) is 0 Å². The highest BCUT2D eigenvalue weighted by atomic mass is 19.4. The summed E-state index contributed by atoms with van der Waals surface area (Å²) in [6, 6.07) is 6.37. The number of aryl methyl sites for hydroxylation is 1. The number of halogens is 3. The average molecular weight is 731 g/mol. The molecule has 0 radical (unpaired) electrons. The van der Waals surface area contributed by atoms with Crippen molar-refractivity contribution in [3.8, 4) is 16.9 Å². The number of fused-ring (bicyclic) bond motifs is 2. The number of amides is 1. The fourth-order valence-corrected chi connectivity index (χ4v) is 9.03. The molecular formula is C39H45F3N8O3. The number of ether oxygens (including phenoxy) is 2. The van der Waals surface area contributed by atoms with E-state index in [4.69, 9.17) is 19.4 Å². The number of H-pyrrole nitrogens is 1. The Kier molecular flexibility index (Phi) is 8.33. The van der Waals surface area contributed by atoms with Crippen molar-refractivity contribution in [3.05, 3.63) is 48.2 Å². The molecule has 1 atom stereocenters. The number of benzene rings is 2. The highest BCUT2D eigenvalue weighted by molar-refractivity contribution is 6.06. The van der Waals surface area contributed by atoms with Crippen LogP contribution in [0.2, 0.25) is 0 Å². The Morgan fingerprint density at radius 1 is 1.04 bits per heavy atom. The molecule has 11 nitrogen and oxygen atoms in total. The number of carbonyl (C=O) groups excluding carboxylic acids is 1. The second-order valence-electron chi connectivity index (χ2n) is 15.8. The van der Waals surface area contributed by atoms with E-state index in [0.717, 1.165) is 91.7 Å². The maximum Gasteiger partial charge on any atom is 0.422 e. The van der Waals surface area contributed by atoms with E-state index in [1.165, 1.54) is 6.08 Å². The van der Waals surface area contributed by atoms with Crippen LogP contribution < -0.4 is 14.5 Å². The van der Waals surface area contributed by atoms with Crippen molar-refractivity contribution in [1.82, 2.24) is 30.0 Å². The number of nitrogens with zero attached hydrogens (tertiary/aromatic N) is 7. The van der Waals surface area contributed by atoms with Gasteiger partial charge < -0.3 is 24.2 Å². The number of nitrogens with one attached hydrogen (secondary N) is 1. The molecule has 53 heavy (non-hydrogen) atoms. The first kappa shape index (κ1) is 34.3. The molecule has 4 saturated heterocycles. The van der Waals surface area contributed by atoms with Gasteiger partial charge in [-0.3, -0.25) is 14.8 Å². The van der Waals surface area contributed by atoms with E-state index >= 15 is 0 Å². The summed E-state index contributed by atoms with van der Waals surface area (Å²) in [5.41, 5.74) is 4.60. The lowest BCUT2D eigenvalue weighted by molar-refractivity contribution is -0.153. The van der Waals surface area contributed by atoms with Crippen molar-refractivity contribution in [2.24, 2.45) is 5.41 Å². The van der Waals surface area contributed by atoms with Gasteiger partial charge in [0.15, 0.2) is 12.4 Å². The molecule has 280 valence electrons. The van der Waals surface area contributed by atoms with Crippen molar-refractivity contribution in [1.29, 1.82) is 0 Å². The zero-order chi connectivity index (χ0) is 36.6. The minimum atomic E-state index is -4.56. The van der Waals surface area contributed by atoms with Gasteiger partial charge in [0.25, 0.3) is 0 Å². The number of aromatic nitrogens is 4. The van der Waals surface area contributed by atoms with Crippen LogP contribution in [0.5, 0.6) is 5.75 Å². The number of alkyl halides is 3. The SMILES string of the molecule is C=CC(=O)N1CC2(CCN(c3nc(N4CC[C@H](N5CC(OC)C5)C4)nc4c(OCC(F)(F)F)c(-c5c(C)ccc6[nH]ncc56)c(C5CC5)cc34)CC2)C1. The predicted molar refractivity (Wildman–Crippen MR) is 197 cm³/mol. The van der Waals surface area contributed by atoms with E-state index < -0.39 is 12.8 Å². The summed E-state index contributed by atoms with van der Waals surface area (Å²) in [4.78, 5) is 31.4. The molecule has 1 aliphatic carbocycles. The number of piperidine rings is 1. The van der Waals surface area contributed by atoms with E-state index in [9.17, 15) is 18.0 Å². The van der Waals surface area contributed by atoms with Crippen LogP contribution in [0, 0.1) is 12.3 Å². The Hall–Kier alpha value is -4.43. The van der Waals surface area contributed by atoms with Gasteiger partial charge in [0.2, 0.25) is 11.9 Å². The number of anilines is 2. The van der Waals surface area contributed by atoms with E-state index in [-0.39, 0.29) is 29.1 Å². The second-order valence-corrected chi connectivity index (χ2v) is 15.8. The molecule has 9 rings (SSSR count). The predicted octanol–water partition coefficient (Wildman–Crippen LogP) is 5.82. The van der Waals surface area contributed by atoms with Crippen molar-refractivity contribution < 1.29 is 27.4 Å². The largest absolute Gasteiger partial charge is 0.481 e.